The first kappa shape index (κ1) is 28.8. The van der Waals surface area contributed by atoms with E-state index in [2.05, 4.69) is 26.0 Å². The lowest BCUT2D eigenvalue weighted by molar-refractivity contribution is 0.0987. The number of hydrogen-bond acceptors (Lipinski definition) is 6. The first-order valence-electron chi connectivity index (χ1n) is 12.9. The molecule has 5 rings (SSSR count). The summed E-state index contributed by atoms with van der Waals surface area (Å²) in [6, 6.07) is 28.9. The van der Waals surface area contributed by atoms with Crippen LogP contribution in [-0.2, 0) is 16.6 Å². The zero-order valence-electron chi connectivity index (χ0n) is 22.4. The summed E-state index contributed by atoms with van der Waals surface area (Å²) in [6.07, 6.45) is 1.61. The Kier molecular flexibility index (Phi) is 8.74. The molecule has 0 bridgehead atoms. The lowest BCUT2D eigenvalue weighted by Gasteiger charge is -2.21. The average molecular weight is 648 g/mol. The quantitative estimate of drug-likeness (QED) is 0.125. The monoisotopic (exact) mass is 646 g/mol. The van der Waals surface area contributed by atoms with E-state index in [0.29, 0.717) is 11.7 Å². The van der Waals surface area contributed by atoms with Gasteiger partial charge in [-0.15, -0.1) is 0 Å². The number of carbonyl (C=O) groups excluding carboxylic acids is 1. The number of hydrogen-bond donors (Lipinski definition) is 0. The van der Waals surface area contributed by atoms with Crippen molar-refractivity contribution in [3.63, 3.8) is 0 Å². The Hall–Kier alpha value is -3.70. The second-order valence-electron chi connectivity index (χ2n) is 9.32. The van der Waals surface area contributed by atoms with Gasteiger partial charge in [0.25, 0.3) is 5.91 Å². The van der Waals surface area contributed by atoms with Gasteiger partial charge < -0.3 is 0 Å². The van der Waals surface area contributed by atoms with Gasteiger partial charge in [-0.05, 0) is 60.5 Å². The minimum absolute atomic E-state index is 0.117. The summed E-state index contributed by atoms with van der Waals surface area (Å²) in [7, 11) is -3.77. The van der Waals surface area contributed by atoms with Crippen molar-refractivity contribution in [2.75, 3.05) is 11.6 Å². The van der Waals surface area contributed by atoms with Crippen LogP contribution in [0.15, 0.2) is 112 Å². The number of amides is 1. The van der Waals surface area contributed by atoms with Gasteiger partial charge in [-0.1, -0.05) is 94.4 Å². The van der Waals surface area contributed by atoms with E-state index in [1.807, 2.05) is 79.7 Å². The number of halogens is 1. The minimum Gasteiger partial charge on any atom is -0.267 e. The van der Waals surface area contributed by atoms with Gasteiger partial charge >= 0.3 is 0 Å². The molecule has 208 valence electrons. The van der Waals surface area contributed by atoms with Crippen LogP contribution in [0.3, 0.4) is 0 Å². The maximum Gasteiger partial charge on any atom is 0.280 e. The van der Waals surface area contributed by atoms with Crippen molar-refractivity contribution in [2.45, 2.75) is 25.3 Å². The van der Waals surface area contributed by atoms with Crippen LogP contribution in [0.2, 0.25) is 0 Å². The number of thiazole rings is 1. The second-order valence-corrected chi connectivity index (χ2v) is 13.2. The second kappa shape index (κ2) is 12.4. The summed E-state index contributed by atoms with van der Waals surface area (Å²) < 4.78 is 30.0. The van der Waals surface area contributed by atoms with E-state index in [4.69, 9.17) is 0 Å². The van der Waals surface area contributed by atoms with Crippen molar-refractivity contribution in [1.29, 1.82) is 0 Å². The summed E-state index contributed by atoms with van der Waals surface area (Å²) in [6.45, 7) is 4.38. The fraction of sp³-hybridized carbons (Fsp3) is 0.129. The lowest BCUT2D eigenvalue weighted by atomic mass is 10.2. The third-order valence-electron chi connectivity index (χ3n) is 6.41. The fourth-order valence-corrected chi connectivity index (χ4v) is 7.05. The van der Waals surface area contributed by atoms with Crippen molar-refractivity contribution < 1.29 is 13.2 Å². The highest BCUT2D eigenvalue weighted by molar-refractivity contribution is 9.10. The molecule has 1 heterocycles. The van der Waals surface area contributed by atoms with E-state index in [-0.39, 0.29) is 17.0 Å². The third kappa shape index (κ3) is 6.62. The van der Waals surface area contributed by atoms with Gasteiger partial charge in [0.05, 0.1) is 21.3 Å². The highest BCUT2D eigenvalue weighted by Crippen LogP contribution is 2.32. The highest BCUT2D eigenvalue weighted by Gasteiger charge is 2.25. The Bertz CT molecular complexity index is 1800. The SMILES string of the molecule is CCN(Cc1ccccc1)S(=O)(=O)c1ccc(C(=O)N(/N=C/c2ccc(C)cc2)c2nc3ccc(Br)cc3s2)cc1. The predicted molar refractivity (Wildman–Crippen MR) is 169 cm³/mol. The molecular formula is C31H27BrN4O3S2. The van der Waals surface area contributed by atoms with Crippen LogP contribution >= 0.6 is 27.3 Å². The standard InChI is InChI=1S/C31H27BrN4O3S2/c1-3-35(21-24-7-5-4-6-8-24)41(38,39)27-16-13-25(14-17-27)30(37)36(33-20-23-11-9-22(2)10-12-23)31-34-28-18-15-26(32)19-29(28)40-31/h4-20H,3,21H2,1-2H3/b33-20+. The molecule has 0 radical (unpaired) electrons. The number of benzene rings is 4. The number of rotatable bonds is 9. The molecule has 5 aromatic rings. The fourth-order valence-electron chi connectivity index (χ4n) is 4.14. The van der Waals surface area contributed by atoms with Gasteiger partial charge in [-0.25, -0.2) is 13.4 Å². The molecule has 41 heavy (non-hydrogen) atoms. The van der Waals surface area contributed by atoms with Gasteiger partial charge in [0.1, 0.15) is 0 Å². The molecule has 1 aromatic heterocycles. The van der Waals surface area contributed by atoms with Crippen molar-refractivity contribution in [3.05, 3.63) is 124 Å². The summed E-state index contributed by atoms with van der Waals surface area (Å²) in [4.78, 5) is 18.5. The van der Waals surface area contributed by atoms with Crippen LogP contribution in [0.5, 0.6) is 0 Å². The molecule has 0 saturated heterocycles. The van der Waals surface area contributed by atoms with Crippen molar-refractivity contribution in [3.8, 4) is 0 Å². The van der Waals surface area contributed by atoms with E-state index >= 15 is 0 Å². The number of nitrogens with zero attached hydrogens (tertiary/aromatic N) is 4. The van der Waals surface area contributed by atoms with E-state index < -0.39 is 15.9 Å². The topological polar surface area (TPSA) is 82.9 Å². The van der Waals surface area contributed by atoms with Crippen molar-refractivity contribution in [2.24, 2.45) is 5.10 Å². The Balaban J connectivity index is 1.45. The summed E-state index contributed by atoms with van der Waals surface area (Å²) in [5, 5.41) is 6.18. The van der Waals surface area contributed by atoms with E-state index in [0.717, 1.165) is 31.4 Å². The first-order valence-corrected chi connectivity index (χ1v) is 15.9. The van der Waals surface area contributed by atoms with Gasteiger partial charge in [0.15, 0.2) is 0 Å². The number of fused-ring (bicyclic) bond motifs is 1. The van der Waals surface area contributed by atoms with E-state index in [1.54, 1.807) is 13.1 Å². The number of hydrazone groups is 1. The molecule has 0 N–H and O–H groups in total. The molecule has 0 saturated carbocycles. The van der Waals surface area contributed by atoms with Crippen molar-refractivity contribution in [1.82, 2.24) is 9.29 Å². The molecule has 0 fully saturated rings. The third-order valence-corrected chi connectivity index (χ3v) is 9.83. The molecule has 10 heteroatoms. The van der Waals surface area contributed by atoms with Gasteiger partial charge in [0, 0.05) is 23.1 Å². The molecule has 0 aliphatic carbocycles. The maximum absolute atomic E-state index is 13.8. The van der Waals surface area contributed by atoms with Crippen LogP contribution in [0.25, 0.3) is 10.2 Å². The summed E-state index contributed by atoms with van der Waals surface area (Å²) in [5.41, 5.74) is 3.88. The number of carbonyl (C=O) groups is 1. The largest absolute Gasteiger partial charge is 0.280 e. The Morgan fingerprint density at radius 2 is 1.68 bits per heavy atom. The number of sulfonamides is 1. The number of aryl methyl sites for hydroxylation is 1. The molecule has 0 atom stereocenters. The summed E-state index contributed by atoms with van der Waals surface area (Å²) >= 11 is 4.83. The average Bonchev–Trinajstić information content (AvgIpc) is 3.40. The van der Waals surface area contributed by atoms with Crippen LogP contribution in [-0.4, -0.2) is 36.4 Å². The summed E-state index contributed by atoms with van der Waals surface area (Å²) in [5.74, 6) is -0.424. The first-order chi connectivity index (χ1) is 19.7. The molecule has 4 aromatic carbocycles. The lowest BCUT2D eigenvalue weighted by Crippen LogP contribution is -2.30. The van der Waals surface area contributed by atoms with Gasteiger partial charge in [0.2, 0.25) is 15.2 Å². The van der Waals surface area contributed by atoms with Gasteiger partial charge in [-0.3, -0.25) is 4.79 Å². The van der Waals surface area contributed by atoms with E-state index in [1.165, 1.54) is 44.9 Å². The molecular weight excluding hydrogens is 620 g/mol. The van der Waals surface area contributed by atoms with E-state index in [9.17, 15) is 13.2 Å². The highest BCUT2D eigenvalue weighted by atomic mass is 79.9. The van der Waals surface area contributed by atoms with Crippen LogP contribution in [0.1, 0.15) is 34.0 Å². The van der Waals surface area contributed by atoms with Crippen molar-refractivity contribution >= 4 is 64.8 Å². The maximum atomic E-state index is 13.8. The normalized spacial score (nSPS) is 11.9. The smallest absolute Gasteiger partial charge is 0.267 e. The van der Waals surface area contributed by atoms with Crippen LogP contribution < -0.4 is 5.01 Å². The zero-order valence-corrected chi connectivity index (χ0v) is 25.7. The molecule has 0 aliphatic rings. The molecule has 0 unspecified atom stereocenters. The molecule has 0 spiro atoms. The van der Waals surface area contributed by atoms with Gasteiger partial charge in [-0.2, -0.15) is 14.4 Å². The molecule has 7 nitrogen and oxygen atoms in total. The van der Waals surface area contributed by atoms with Crippen LogP contribution in [0.4, 0.5) is 5.13 Å². The zero-order chi connectivity index (χ0) is 29.0. The molecule has 0 aliphatic heterocycles. The minimum atomic E-state index is -3.77. The predicted octanol–water partition coefficient (Wildman–Crippen LogP) is 7.26. The Morgan fingerprint density at radius 1 is 0.976 bits per heavy atom. The number of anilines is 1. The number of aromatic nitrogens is 1. The van der Waals surface area contributed by atoms with Crippen LogP contribution in [0, 0.1) is 6.92 Å². The molecule has 1 amide bonds. The Morgan fingerprint density at radius 3 is 2.37 bits per heavy atom. The Labute approximate surface area is 252 Å².